The number of fused-ring (bicyclic) bond motifs is 1. The summed E-state index contributed by atoms with van der Waals surface area (Å²) >= 11 is 0. The third kappa shape index (κ3) is 3.35. The summed E-state index contributed by atoms with van der Waals surface area (Å²) in [5.74, 6) is -0.116. The lowest BCUT2D eigenvalue weighted by Crippen LogP contribution is -2.42. The molecule has 1 atom stereocenters. The number of hydrogen-bond donors (Lipinski definition) is 0. The van der Waals surface area contributed by atoms with Gasteiger partial charge in [-0.1, -0.05) is 18.2 Å². The van der Waals surface area contributed by atoms with Crippen molar-refractivity contribution in [1.29, 1.82) is 0 Å². The molecule has 0 saturated carbocycles. The summed E-state index contributed by atoms with van der Waals surface area (Å²) in [5.41, 5.74) is 1.27. The lowest BCUT2D eigenvalue weighted by molar-refractivity contribution is -0.151. The molecule has 1 aromatic carbocycles. The van der Waals surface area contributed by atoms with Crippen LogP contribution in [0.3, 0.4) is 0 Å². The molecule has 1 aliphatic rings. The van der Waals surface area contributed by atoms with Gasteiger partial charge in [0.25, 0.3) is 5.91 Å². The minimum Gasteiger partial charge on any atom is -0.472 e. The Hall–Kier alpha value is -3.02. The topological polar surface area (TPSA) is 72.9 Å². The SMILES string of the molecule is O=C(OCc1cc2ccccc2o1)C1CCCN(C(=O)c2ccoc2)C1. The molecule has 3 aromatic rings. The zero-order valence-corrected chi connectivity index (χ0v) is 14.2. The van der Waals surface area contributed by atoms with Crippen LogP contribution in [0.25, 0.3) is 11.0 Å². The van der Waals surface area contributed by atoms with Gasteiger partial charge in [0.2, 0.25) is 0 Å². The van der Waals surface area contributed by atoms with Crippen molar-refractivity contribution in [1.82, 2.24) is 4.90 Å². The van der Waals surface area contributed by atoms with Crippen molar-refractivity contribution in [2.45, 2.75) is 19.4 Å². The van der Waals surface area contributed by atoms with Gasteiger partial charge in [0, 0.05) is 18.5 Å². The smallest absolute Gasteiger partial charge is 0.311 e. The molecule has 0 aliphatic carbocycles. The quantitative estimate of drug-likeness (QED) is 0.670. The van der Waals surface area contributed by atoms with E-state index in [2.05, 4.69) is 0 Å². The van der Waals surface area contributed by atoms with Crippen molar-refractivity contribution in [2.75, 3.05) is 13.1 Å². The van der Waals surface area contributed by atoms with Crippen molar-refractivity contribution in [3.63, 3.8) is 0 Å². The highest BCUT2D eigenvalue weighted by Crippen LogP contribution is 2.22. The van der Waals surface area contributed by atoms with Crippen molar-refractivity contribution in [2.24, 2.45) is 5.92 Å². The number of para-hydroxylation sites is 1. The first kappa shape index (κ1) is 16.4. The van der Waals surface area contributed by atoms with E-state index in [9.17, 15) is 9.59 Å². The van der Waals surface area contributed by atoms with Gasteiger partial charge in [0.15, 0.2) is 0 Å². The van der Waals surface area contributed by atoms with Gasteiger partial charge >= 0.3 is 5.97 Å². The maximum absolute atomic E-state index is 12.4. The Morgan fingerprint density at radius 2 is 2.12 bits per heavy atom. The molecule has 1 unspecified atom stereocenters. The largest absolute Gasteiger partial charge is 0.472 e. The first-order chi connectivity index (χ1) is 12.7. The number of amides is 1. The molecule has 1 saturated heterocycles. The minimum atomic E-state index is -0.316. The second kappa shape index (κ2) is 7.07. The van der Waals surface area contributed by atoms with E-state index in [1.165, 1.54) is 12.5 Å². The van der Waals surface area contributed by atoms with Gasteiger partial charge in [-0.05, 0) is 31.0 Å². The van der Waals surface area contributed by atoms with E-state index in [1.807, 2.05) is 30.3 Å². The van der Waals surface area contributed by atoms with E-state index in [0.717, 1.165) is 17.4 Å². The van der Waals surface area contributed by atoms with Crippen LogP contribution in [0.5, 0.6) is 0 Å². The number of likely N-dealkylation sites (tertiary alicyclic amines) is 1. The van der Waals surface area contributed by atoms with Crippen LogP contribution in [0.4, 0.5) is 0 Å². The number of nitrogens with zero attached hydrogens (tertiary/aromatic N) is 1. The van der Waals surface area contributed by atoms with Crippen LogP contribution in [0.1, 0.15) is 29.0 Å². The first-order valence-corrected chi connectivity index (χ1v) is 8.66. The maximum Gasteiger partial charge on any atom is 0.311 e. The van der Waals surface area contributed by atoms with Crippen LogP contribution >= 0.6 is 0 Å². The van der Waals surface area contributed by atoms with Crippen molar-refractivity contribution in [3.05, 3.63) is 60.2 Å². The standard InChI is InChI=1S/C20H19NO5/c22-19(16-7-9-24-12-16)21-8-3-5-15(11-21)20(23)25-13-17-10-14-4-1-2-6-18(14)26-17/h1-2,4,6-7,9-10,12,15H,3,5,8,11,13H2. The number of hydrogen-bond acceptors (Lipinski definition) is 5. The van der Waals surface area contributed by atoms with Gasteiger partial charge in [0.1, 0.15) is 24.2 Å². The lowest BCUT2D eigenvalue weighted by atomic mass is 9.98. The Bertz CT molecular complexity index is 878. The van der Waals surface area contributed by atoms with Gasteiger partial charge in [-0.2, -0.15) is 0 Å². The molecular formula is C20H19NO5. The van der Waals surface area contributed by atoms with Crippen LogP contribution in [-0.2, 0) is 16.1 Å². The Balaban J connectivity index is 1.36. The van der Waals surface area contributed by atoms with Crippen molar-refractivity contribution >= 4 is 22.8 Å². The van der Waals surface area contributed by atoms with Crippen molar-refractivity contribution in [3.8, 4) is 0 Å². The highest BCUT2D eigenvalue weighted by molar-refractivity contribution is 5.94. The predicted molar refractivity (Wildman–Crippen MR) is 93.3 cm³/mol. The molecule has 3 heterocycles. The minimum absolute atomic E-state index is 0.0969. The Kier molecular flexibility index (Phi) is 4.48. The summed E-state index contributed by atoms with van der Waals surface area (Å²) in [4.78, 5) is 26.5. The second-order valence-corrected chi connectivity index (χ2v) is 6.46. The third-order valence-corrected chi connectivity index (χ3v) is 4.64. The van der Waals surface area contributed by atoms with Crippen LogP contribution in [-0.4, -0.2) is 29.9 Å². The Morgan fingerprint density at radius 3 is 2.92 bits per heavy atom. The fourth-order valence-corrected chi connectivity index (χ4v) is 3.29. The molecular weight excluding hydrogens is 334 g/mol. The molecule has 26 heavy (non-hydrogen) atoms. The molecule has 4 rings (SSSR count). The third-order valence-electron chi connectivity index (χ3n) is 4.64. The predicted octanol–water partition coefficient (Wildman–Crippen LogP) is 3.62. The fourth-order valence-electron chi connectivity index (χ4n) is 3.29. The van der Waals surface area contributed by atoms with Gasteiger partial charge in [0.05, 0.1) is 17.7 Å². The van der Waals surface area contributed by atoms with Gasteiger partial charge in [-0.15, -0.1) is 0 Å². The van der Waals surface area contributed by atoms with Crippen LogP contribution in [0.2, 0.25) is 0 Å². The fraction of sp³-hybridized carbons (Fsp3) is 0.300. The van der Waals surface area contributed by atoms with E-state index in [1.54, 1.807) is 11.0 Å². The van der Waals surface area contributed by atoms with Gasteiger partial charge in [-0.25, -0.2) is 0 Å². The molecule has 134 valence electrons. The zero-order valence-electron chi connectivity index (χ0n) is 14.2. The molecule has 6 nitrogen and oxygen atoms in total. The zero-order chi connectivity index (χ0) is 17.9. The average Bonchev–Trinajstić information content (AvgIpc) is 3.35. The van der Waals surface area contributed by atoms with E-state index in [4.69, 9.17) is 13.6 Å². The number of benzene rings is 1. The first-order valence-electron chi connectivity index (χ1n) is 8.66. The molecule has 2 aromatic heterocycles. The van der Waals surface area contributed by atoms with Crippen LogP contribution in [0, 0.1) is 5.92 Å². The summed E-state index contributed by atoms with van der Waals surface area (Å²) < 4.78 is 16.1. The van der Waals surface area contributed by atoms with Gasteiger partial charge in [-0.3, -0.25) is 9.59 Å². The highest BCUT2D eigenvalue weighted by Gasteiger charge is 2.30. The summed E-state index contributed by atoms with van der Waals surface area (Å²) in [6.07, 6.45) is 4.38. The van der Waals surface area contributed by atoms with E-state index in [-0.39, 0.29) is 24.4 Å². The molecule has 0 bridgehead atoms. The van der Waals surface area contributed by atoms with Gasteiger partial charge < -0.3 is 18.5 Å². The molecule has 0 N–H and O–H groups in total. The Labute approximate surface area is 150 Å². The lowest BCUT2D eigenvalue weighted by Gasteiger charge is -2.31. The number of rotatable bonds is 4. The number of carbonyl (C=O) groups is 2. The van der Waals surface area contributed by atoms with Crippen molar-refractivity contribution < 1.29 is 23.2 Å². The summed E-state index contributed by atoms with van der Waals surface area (Å²) in [7, 11) is 0. The van der Waals surface area contributed by atoms with E-state index < -0.39 is 0 Å². The number of ether oxygens (including phenoxy) is 1. The molecule has 6 heteroatoms. The normalized spacial score (nSPS) is 17.4. The summed E-state index contributed by atoms with van der Waals surface area (Å²) in [6, 6.07) is 11.2. The van der Waals surface area contributed by atoms with Crippen LogP contribution in [0.15, 0.2) is 57.8 Å². The highest BCUT2D eigenvalue weighted by atomic mass is 16.5. The molecule has 0 spiro atoms. The second-order valence-electron chi connectivity index (χ2n) is 6.46. The molecule has 1 fully saturated rings. The van der Waals surface area contributed by atoms with E-state index in [0.29, 0.717) is 30.8 Å². The summed E-state index contributed by atoms with van der Waals surface area (Å²) in [6.45, 7) is 1.10. The van der Waals surface area contributed by atoms with E-state index >= 15 is 0 Å². The molecule has 1 amide bonds. The number of piperidine rings is 1. The number of carbonyl (C=O) groups excluding carboxylic acids is 2. The maximum atomic E-state index is 12.4. The number of esters is 1. The summed E-state index contributed by atoms with van der Waals surface area (Å²) in [5, 5.41) is 0.980. The van der Waals surface area contributed by atoms with Crippen LogP contribution < -0.4 is 0 Å². The number of furan rings is 2. The monoisotopic (exact) mass is 353 g/mol. The average molecular weight is 353 g/mol. The molecule has 1 aliphatic heterocycles. The molecule has 0 radical (unpaired) electrons. The Morgan fingerprint density at radius 1 is 1.23 bits per heavy atom.